The van der Waals surface area contributed by atoms with E-state index >= 15 is 0 Å². The Labute approximate surface area is 166 Å². The van der Waals surface area contributed by atoms with E-state index in [9.17, 15) is 10.2 Å². The molecule has 2 unspecified atom stereocenters. The Kier molecular flexibility index (Phi) is 27.0. The van der Waals surface area contributed by atoms with Gasteiger partial charge < -0.3 is 10.2 Å². The molecule has 0 aromatic rings. The molecule has 0 aliphatic carbocycles. The molecule has 0 saturated carbocycles. The van der Waals surface area contributed by atoms with Gasteiger partial charge >= 0.3 is 0 Å². The van der Waals surface area contributed by atoms with Crippen molar-refractivity contribution in [3.63, 3.8) is 0 Å². The highest BCUT2D eigenvalue weighted by Gasteiger charge is 2.02. The van der Waals surface area contributed by atoms with E-state index in [2.05, 4.69) is 27.7 Å². The van der Waals surface area contributed by atoms with Gasteiger partial charge in [-0.1, -0.05) is 118 Å². The van der Waals surface area contributed by atoms with Crippen LogP contribution in [0.3, 0.4) is 0 Å². The summed E-state index contributed by atoms with van der Waals surface area (Å²) in [5, 5.41) is 19.1. The average Bonchev–Trinajstić information content (AvgIpc) is 2.65. The van der Waals surface area contributed by atoms with Crippen LogP contribution in [0.15, 0.2) is 0 Å². The normalized spacial score (nSPS) is 13.2. The van der Waals surface area contributed by atoms with Crippen LogP contribution in [-0.4, -0.2) is 22.4 Å². The quantitative estimate of drug-likeness (QED) is 0.241. The monoisotopic (exact) mass is 372 g/mol. The molecule has 0 aromatic carbocycles. The molecular weight excluding hydrogens is 320 g/mol. The van der Waals surface area contributed by atoms with Gasteiger partial charge in [0.05, 0.1) is 12.2 Å². The highest BCUT2D eigenvalue weighted by molar-refractivity contribution is 4.56. The molecule has 2 nitrogen and oxygen atoms in total. The minimum Gasteiger partial charge on any atom is -0.393 e. The summed E-state index contributed by atoms with van der Waals surface area (Å²) < 4.78 is 0. The minimum atomic E-state index is -0.0263. The second-order valence-corrected chi connectivity index (χ2v) is 8.00. The molecule has 0 heterocycles. The Hall–Kier alpha value is -0.0800. The summed E-state index contributed by atoms with van der Waals surface area (Å²) in [6, 6.07) is 0. The summed E-state index contributed by atoms with van der Waals surface area (Å²) in [6.07, 6.45) is 21.8. The molecule has 0 rings (SSSR count). The van der Waals surface area contributed by atoms with E-state index in [4.69, 9.17) is 0 Å². The molecule has 0 bridgehead atoms. The zero-order valence-electron chi connectivity index (χ0n) is 18.8. The van der Waals surface area contributed by atoms with Gasteiger partial charge in [0.2, 0.25) is 0 Å². The fourth-order valence-corrected chi connectivity index (χ4v) is 3.14. The average molecular weight is 373 g/mol. The molecule has 2 heteroatoms. The van der Waals surface area contributed by atoms with Crippen LogP contribution in [0.2, 0.25) is 0 Å². The summed E-state index contributed by atoms with van der Waals surface area (Å²) in [7, 11) is 0. The standard InChI is InChI=1S/2C12H26O/c2*1-3-5-7-8-9-11-12(13)10-6-4-2/h2*12-13H,3-11H2,1-2H3. The minimum absolute atomic E-state index is 0.0263. The van der Waals surface area contributed by atoms with E-state index in [1.165, 1.54) is 89.9 Å². The smallest absolute Gasteiger partial charge is 0.0540 e. The van der Waals surface area contributed by atoms with Crippen LogP contribution in [0, 0.1) is 0 Å². The van der Waals surface area contributed by atoms with Crippen LogP contribution in [0.25, 0.3) is 0 Å². The molecule has 2 N–H and O–H groups in total. The maximum atomic E-state index is 9.54. The van der Waals surface area contributed by atoms with Gasteiger partial charge in [0.1, 0.15) is 0 Å². The van der Waals surface area contributed by atoms with Crippen molar-refractivity contribution in [2.45, 2.75) is 155 Å². The first-order valence-electron chi connectivity index (χ1n) is 12.0. The van der Waals surface area contributed by atoms with Crippen molar-refractivity contribution < 1.29 is 10.2 Å². The number of hydrogen-bond donors (Lipinski definition) is 2. The molecule has 0 aromatic heterocycles. The Morgan fingerprint density at radius 1 is 0.385 bits per heavy atom. The van der Waals surface area contributed by atoms with Crippen LogP contribution in [-0.2, 0) is 0 Å². The SMILES string of the molecule is CCCCCCCC(O)CCCC.CCCCCCCC(O)CCCC. The van der Waals surface area contributed by atoms with Gasteiger partial charge in [-0.15, -0.1) is 0 Å². The highest BCUT2D eigenvalue weighted by Crippen LogP contribution is 2.12. The summed E-state index contributed by atoms with van der Waals surface area (Å²) in [6.45, 7) is 8.81. The summed E-state index contributed by atoms with van der Waals surface area (Å²) in [4.78, 5) is 0. The molecule has 0 spiro atoms. The van der Waals surface area contributed by atoms with Crippen molar-refractivity contribution in [1.82, 2.24) is 0 Å². The van der Waals surface area contributed by atoms with E-state index in [1.54, 1.807) is 0 Å². The third kappa shape index (κ3) is 26.2. The van der Waals surface area contributed by atoms with Crippen molar-refractivity contribution in [2.75, 3.05) is 0 Å². The predicted molar refractivity (Wildman–Crippen MR) is 118 cm³/mol. The van der Waals surface area contributed by atoms with Gasteiger partial charge in [0, 0.05) is 0 Å². The Balaban J connectivity index is 0. The largest absolute Gasteiger partial charge is 0.393 e. The lowest BCUT2D eigenvalue weighted by molar-refractivity contribution is 0.147. The Bertz CT molecular complexity index is 206. The number of hydrogen-bond acceptors (Lipinski definition) is 2. The molecule has 0 saturated heterocycles. The summed E-state index contributed by atoms with van der Waals surface area (Å²) in [5.41, 5.74) is 0. The zero-order chi connectivity index (χ0) is 19.9. The van der Waals surface area contributed by atoms with Gasteiger partial charge in [-0.25, -0.2) is 0 Å². The number of aliphatic hydroxyl groups excluding tert-OH is 2. The van der Waals surface area contributed by atoms with E-state index in [0.29, 0.717) is 0 Å². The number of rotatable bonds is 18. The third-order valence-corrected chi connectivity index (χ3v) is 5.06. The fourth-order valence-electron chi connectivity index (χ4n) is 3.14. The second-order valence-electron chi connectivity index (χ2n) is 8.00. The Morgan fingerprint density at radius 2 is 0.654 bits per heavy atom. The van der Waals surface area contributed by atoms with E-state index in [-0.39, 0.29) is 12.2 Å². The fraction of sp³-hybridized carbons (Fsp3) is 1.00. The second kappa shape index (κ2) is 24.9. The topological polar surface area (TPSA) is 40.5 Å². The molecule has 0 fully saturated rings. The van der Waals surface area contributed by atoms with E-state index in [0.717, 1.165) is 25.7 Å². The Morgan fingerprint density at radius 3 is 0.962 bits per heavy atom. The molecule has 0 aliphatic heterocycles. The van der Waals surface area contributed by atoms with Crippen LogP contribution in [0.5, 0.6) is 0 Å². The molecule has 160 valence electrons. The summed E-state index contributed by atoms with van der Waals surface area (Å²) >= 11 is 0. The van der Waals surface area contributed by atoms with E-state index in [1.807, 2.05) is 0 Å². The predicted octanol–water partition coefficient (Wildman–Crippen LogP) is 7.80. The first kappa shape index (κ1) is 28.1. The maximum Gasteiger partial charge on any atom is 0.0540 e. The first-order chi connectivity index (χ1) is 12.6. The van der Waals surface area contributed by atoms with Crippen LogP contribution < -0.4 is 0 Å². The molecule has 0 amide bonds. The van der Waals surface area contributed by atoms with Gasteiger partial charge in [-0.3, -0.25) is 0 Å². The first-order valence-corrected chi connectivity index (χ1v) is 12.0. The van der Waals surface area contributed by atoms with Crippen LogP contribution in [0.4, 0.5) is 0 Å². The zero-order valence-corrected chi connectivity index (χ0v) is 18.8. The van der Waals surface area contributed by atoms with Gasteiger partial charge in [-0.05, 0) is 25.7 Å². The molecule has 0 aliphatic rings. The lowest BCUT2D eigenvalue weighted by Crippen LogP contribution is -2.05. The van der Waals surface area contributed by atoms with Crippen molar-refractivity contribution >= 4 is 0 Å². The number of aliphatic hydroxyl groups is 2. The van der Waals surface area contributed by atoms with E-state index < -0.39 is 0 Å². The maximum absolute atomic E-state index is 9.54. The van der Waals surface area contributed by atoms with Crippen molar-refractivity contribution in [1.29, 1.82) is 0 Å². The van der Waals surface area contributed by atoms with Crippen molar-refractivity contribution in [2.24, 2.45) is 0 Å². The lowest BCUT2D eigenvalue weighted by Gasteiger charge is -2.08. The molecule has 26 heavy (non-hydrogen) atoms. The molecule has 2 atom stereocenters. The van der Waals surface area contributed by atoms with Gasteiger partial charge in [0.25, 0.3) is 0 Å². The van der Waals surface area contributed by atoms with Gasteiger partial charge in [-0.2, -0.15) is 0 Å². The van der Waals surface area contributed by atoms with Crippen molar-refractivity contribution in [3.05, 3.63) is 0 Å². The molecular formula is C24H52O2. The van der Waals surface area contributed by atoms with Crippen LogP contribution in [0.1, 0.15) is 143 Å². The van der Waals surface area contributed by atoms with Crippen LogP contribution >= 0.6 is 0 Å². The molecule has 0 radical (unpaired) electrons. The summed E-state index contributed by atoms with van der Waals surface area (Å²) in [5.74, 6) is 0. The third-order valence-electron chi connectivity index (χ3n) is 5.06. The van der Waals surface area contributed by atoms with Crippen molar-refractivity contribution in [3.8, 4) is 0 Å². The highest BCUT2D eigenvalue weighted by atomic mass is 16.3. The van der Waals surface area contributed by atoms with Gasteiger partial charge in [0.15, 0.2) is 0 Å². The lowest BCUT2D eigenvalue weighted by atomic mass is 10.0. The number of unbranched alkanes of at least 4 members (excludes halogenated alkanes) is 10.